The highest BCUT2D eigenvalue weighted by Gasteiger charge is 2.41. The second kappa shape index (κ2) is 4.69. The number of carbonyl (C=O) groups excluding carboxylic acids is 1. The lowest BCUT2D eigenvalue weighted by Gasteiger charge is -2.37. The minimum absolute atomic E-state index is 0.231. The van der Waals surface area contributed by atoms with Gasteiger partial charge in [-0.25, -0.2) is 4.79 Å². The van der Waals surface area contributed by atoms with Gasteiger partial charge in [-0.3, -0.25) is 0 Å². The topological polar surface area (TPSA) is 118 Å². The van der Waals surface area contributed by atoms with E-state index in [0.29, 0.717) is 5.69 Å². The maximum atomic E-state index is 11.6. The fourth-order valence-electron chi connectivity index (χ4n) is 2.35. The molecule has 1 aliphatic heterocycles. The van der Waals surface area contributed by atoms with Gasteiger partial charge in [0.05, 0.1) is 37.1 Å². The van der Waals surface area contributed by atoms with Crippen LogP contribution in [-0.2, 0) is 4.74 Å². The van der Waals surface area contributed by atoms with Gasteiger partial charge >= 0.3 is 5.97 Å². The average Bonchev–Trinajstić information content (AvgIpc) is 2.80. The van der Waals surface area contributed by atoms with Crippen LogP contribution >= 0.6 is 0 Å². The standard InChI is InChI=1S/C11H16N2O5/c1-18-11(17)5-2-3-13-6(4-14)9(15)10(16)7(12)8(5)13/h2-3,6-7,9-10,14-16H,4,12H2,1H3/t6-,7+,9-,10-/m1/s1. The van der Waals surface area contributed by atoms with Crippen molar-refractivity contribution in [2.75, 3.05) is 13.7 Å². The first-order valence-corrected chi connectivity index (χ1v) is 5.54. The van der Waals surface area contributed by atoms with E-state index in [1.54, 1.807) is 0 Å². The number of nitrogens with zero attached hydrogens (tertiary/aromatic N) is 1. The molecule has 5 N–H and O–H groups in total. The number of nitrogens with two attached hydrogens (primary N) is 1. The van der Waals surface area contributed by atoms with Crippen LogP contribution < -0.4 is 5.73 Å². The Labute approximate surface area is 103 Å². The van der Waals surface area contributed by atoms with Crippen LogP contribution in [0.3, 0.4) is 0 Å². The Morgan fingerprint density at radius 2 is 2.17 bits per heavy atom. The van der Waals surface area contributed by atoms with Gasteiger partial charge in [0, 0.05) is 6.20 Å². The lowest BCUT2D eigenvalue weighted by Crippen LogP contribution is -2.49. The van der Waals surface area contributed by atoms with Crippen molar-refractivity contribution in [2.45, 2.75) is 24.3 Å². The van der Waals surface area contributed by atoms with E-state index in [0.717, 1.165) is 0 Å². The van der Waals surface area contributed by atoms with Crippen molar-refractivity contribution in [3.63, 3.8) is 0 Å². The number of aliphatic hydroxyl groups is 3. The number of esters is 1. The van der Waals surface area contributed by atoms with Gasteiger partial charge in [0.15, 0.2) is 0 Å². The zero-order valence-corrected chi connectivity index (χ0v) is 9.85. The smallest absolute Gasteiger partial charge is 0.339 e. The lowest BCUT2D eigenvalue weighted by atomic mass is 9.91. The van der Waals surface area contributed by atoms with E-state index in [1.165, 1.54) is 23.9 Å². The van der Waals surface area contributed by atoms with E-state index in [2.05, 4.69) is 4.74 Å². The molecule has 0 unspecified atom stereocenters. The van der Waals surface area contributed by atoms with Crippen molar-refractivity contribution >= 4 is 5.97 Å². The zero-order valence-electron chi connectivity index (χ0n) is 9.85. The van der Waals surface area contributed by atoms with Crippen molar-refractivity contribution in [1.82, 2.24) is 4.57 Å². The molecule has 7 nitrogen and oxygen atoms in total. The summed E-state index contributed by atoms with van der Waals surface area (Å²) in [6.45, 7) is -0.368. The molecule has 1 aliphatic rings. The van der Waals surface area contributed by atoms with Crippen LogP contribution in [0.25, 0.3) is 0 Å². The molecule has 18 heavy (non-hydrogen) atoms. The summed E-state index contributed by atoms with van der Waals surface area (Å²) in [5, 5.41) is 28.9. The molecule has 0 bridgehead atoms. The van der Waals surface area contributed by atoms with Crippen molar-refractivity contribution in [3.8, 4) is 0 Å². The molecule has 0 spiro atoms. The molecule has 0 fully saturated rings. The number of aliphatic hydroxyl groups excluding tert-OH is 3. The highest BCUT2D eigenvalue weighted by Crippen LogP contribution is 2.34. The fourth-order valence-corrected chi connectivity index (χ4v) is 2.35. The van der Waals surface area contributed by atoms with Crippen LogP contribution in [0.2, 0.25) is 0 Å². The zero-order chi connectivity index (χ0) is 13.4. The molecule has 100 valence electrons. The predicted molar refractivity (Wildman–Crippen MR) is 60.8 cm³/mol. The van der Waals surface area contributed by atoms with E-state index in [9.17, 15) is 20.1 Å². The maximum absolute atomic E-state index is 11.6. The van der Waals surface area contributed by atoms with Gasteiger partial charge in [-0.1, -0.05) is 0 Å². The van der Waals surface area contributed by atoms with E-state index in [-0.39, 0.29) is 12.2 Å². The second-order valence-electron chi connectivity index (χ2n) is 4.27. The van der Waals surface area contributed by atoms with Crippen molar-refractivity contribution in [1.29, 1.82) is 0 Å². The number of hydrogen-bond acceptors (Lipinski definition) is 6. The van der Waals surface area contributed by atoms with Gasteiger partial charge < -0.3 is 30.4 Å². The first-order valence-electron chi connectivity index (χ1n) is 5.54. The third-order valence-electron chi connectivity index (χ3n) is 3.33. The lowest BCUT2D eigenvalue weighted by molar-refractivity contribution is -0.0555. The Bertz CT molecular complexity index is 458. The minimum atomic E-state index is -1.24. The van der Waals surface area contributed by atoms with Gasteiger partial charge in [-0.05, 0) is 6.07 Å². The number of rotatable bonds is 2. The van der Waals surface area contributed by atoms with E-state index < -0.39 is 30.3 Å². The Hall–Kier alpha value is -1.41. The molecular formula is C11H16N2O5. The summed E-state index contributed by atoms with van der Waals surface area (Å²) < 4.78 is 6.13. The monoisotopic (exact) mass is 256 g/mol. The maximum Gasteiger partial charge on any atom is 0.339 e. The van der Waals surface area contributed by atoms with Crippen LogP contribution in [0, 0.1) is 0 Å². The van der Waals surface area contributed by atoms with Gasteiger partial charge in [0.1, 0.15) is 12.2 Å². The number of methoxy groups -OCH3 is 1. The summed E-state index contributed by atoms with van der Waals surface area (Å²) in [6, 6.07) is -0.144. The summed E-state index contributed by atoms with van der Waals surface area (Å²) in [4.78, 5) is 11.6. The van der Waals surface area contributed by atoms with E-state index in [1.807, 2.05) is 0 Å². The first-order chi connectivity index (χ1) is 8.52. The fraction of sp³-hybridized carbons (Fsp3) is 0.545. The molecule has 0 saturated heterocycles. The van der Waals surface area contributed by atoms with Gasteiger partial charge in [0.25, 0.3) is 0 Å². The molecular weight excluding hydrogens is 240 g/mol. The molecule has 1 aromatic heterocycles. The summed E-state index contributed by atoms with van der Waals surface area (Å²) in [6.07, 6.45) is -0.888. The van der Waals surface area contributed by atoms with Crippen LogP contribution in [0.4, 0.5) is 0 Å². The van der Waals surface area contributed by atoms with Crippen LogP contribution in [-0.4, -0.2) is 51.8 Å². The van der Waals surface area contributed by atoms with Crippen LogP contribution in [0.15, 0.2) is 12.3 Å². The molecule has 0 radical (unpaired) electrons. The average molecular weight is 256 g/mol. The molecule has 0 aromatic carbocycles. The molecule has 2 rings (SSSR count). The molecule has 4 atom stereocenters. The molecule has 0 aliphatic carbocycles. The first kappa shape index (κ1) is 13.0. The summed E-state index contributed by atoms with van der Waals surface area (Å²) in [7, 11) is 1.25. The Morgan fingerprint density at radius 3 is 2.72 bits per heavy atom. The second-order valence-corrected chi connectivity index (χ2v) is 4.27. The third kappa shape index (κ3) is 1.72. The van der Waals surface area contributed by atoms with Crippen molar-refractivity contribution in [2.24, 2.45) is 5.73 Å². The number of hydrogen-bond donors (Lipinski definition) is 4. The molecule has 2 heterocycles. The highest BCUT2D eigenvalue weighted by molar-refractivity contribution is 5.91. The Kier molecular flexibility index (Phi) is 3.40. The predicted octanol–water partition coefficient (Wildman–Crippen LogP) is -1.46. The Balaban J connectivity index is 2.53. The number of aromatic nitrogens is 1. The largest absolute Gasteiger partial charge is 0.465 e. The van der Waals surface area contributed by atoms with Crippen molar-refractivity contribution < 1.29 is 24.9 Å². The van der Waals surface area contributed by atoms with Gasteiger partial charge in [0.2, 0.25) is 0 Å². The molecule has 1 aromatic rings. The number of carbonyl (C=O) groups is 1. The summed E-state index contributed by atoms with van der Waals surface area (Å²) in [5.41, 5.74) is 6.41. The number of ether oxygens (including phenoxy) is 1. The molecule has 0 saturated carbocycles. The Morgan fingerprint density at radius 1 is 1.50 bits per heavy atom. The van der Waals surface area contributed by atoms with Crippen LogP contribution in [0.5, 0.6) is 0 Å². The SMILES string of the molecule is COC(=O)c1ccn2c1[C@H](N)[C@@H](O)[C@H](O)[C@H]2CO. The summed E-state index contributed by atoms with van der Waals surface area (Å²) in [5.74, 6) is -0.570. The normalized spacial score (nSPS) is 30.9. The molecule has 7 heteroatoms. The van der Waals surface area contributed by atoms with Crippen molar-refractivity contribution in [3.05, 3.63) is 23.5 Å². The minimum Gasteiger partial charge on any atom is -0.465 e. The van der Waals surface area contributed by atoms with Crippen LogP contribution in [0.1, 0.15) is 28.1 Å². The quantitative estimate of drug-likeness (QED) is 0.480. The summed E-state index contributed by atoms with van der Waals surface area (Å²) >= 11 is 0. The van der Waals surface area contributed by atoms with E-state index >= 15 is 0 Å². The number of fused-ring (bicyclic) bond motifs is 1. The molecule has 0 amide bonds. The van der Waals surface area contributed by atoms with E-state index in [4.69, 9.17) is 5.73 Å². The highest BCUT2D eigenvalue weighted by atomic mass is 16.5. The third-order valence-corrected chi connectivity index (χ3v) is 3.33. The van der Waals surface area contributed by atoms with Gasteiger partial charge in [-0.2, -0.15) is 0 Å². The van der Waals surface area contributed by atoms with Gasteiger partial charge in [-0.15, -0.1) is 0 Å².